The number of rotatable bonds is 6. The highest BCUT2D eigenvalue weighted by Gasteiger charge is 2.12. The summed E-state index contributed by atoms with van der Waals surface area (Å²) < 4.78 is 8.21. The summed E-state index contributed by atoms with van der Waals surface area (Å²) in [6, 6.07) is 10.7. The number of nitrogens with zero attached hydrogens (tertiary/aromatic N) is 5. The SMILES string of the molecule is O=C(CCCn1c(=O)oc2ccccc21)Nc1cccnc1-n1cncn1. The maximum absolute atomic E-state index is 12.3. The number of amides is 1. The predicted molar refractivity (Wildman–Crippen MR) is 97.5 cm³/mol. The summed E-state index contributed by atoms with van der Waals surface area (Å²) in [5, 5.41) is 6.86. The lowest BCUT2D eigenvalue weighted by Crippen LogP contribution is -2.18. The van der Waals surface area contributed by atoms with Crippen molar-refractivity contribution in [3.63, 3.8) is 0 Å². The van der Waals surface area contributed by atoms with E-state index in [1.165, 1.54) is 21.9 Å². The Bertz CT molecular complexity index is 1130. The van der Waals surface area contributed by atoms with Gasteiger partial charge in [0.05, 0.1) is 11.2 Å². The molecule has 4 aromatic rings. The maximum atomic E-state index is 12.3. The number of nitrogens with one attached hydrogen (secondary N) is 1. The Morgan fingerprint density at radius 2 is 2.07 bits per heavy atom. The van der Waals surface area contributed by atoms with E-state index < -0.39 is 5.76 Å². The number of hydrogen-bond acceptors (Lipinski definition) is 6. The number of benzene rings is 1. The smallest absolute Gasteiger partial charge is 0.408 e. The molecule has 1 N–H and O–H groups in total. The Balaban J connectivity index is 1.41. The van der Waals surface area contributed by atoms with Gasteiger partial charge in [0, 0.05) is 19.2 Å². The molecule has 4 rings (SSSR count). The molecule has 3 heterocycles. The van der Waals surface area contributed by atoms with Crippen molar-refractivity contribution >= 4 is 22.7 Å². The quantitative estimate of drug-likeness (QED) is 0.560. The number of fused-ring (bicyclic) bond motifs is 1. The Hall–Kier alpha value is -3.75. The standard InChI is InChI=1S/C18H16N6O3/c25-16(22-13-5-3-9-20-17(13)24-12-19-11-21-24)8-4-10-23-14-6-1-2-7-15(14)27-18(23)26/h1-3,5-7,9,11-12H,4,8,10H2,(H,22,25). The molecule has 0 aliphatic rings. The number of aromatic nitrogens is 5. The van der Waals surface area contributed by atoms with E-state index in [4.69, 9.17) is 4.42 Å². The van der Waals surface area contributed by atoms with Crippen LogP contribution in [-0.2, 0) is 11.3 Å². The summed E-state index contributed by atoms with van der Waals surface area (Å²) in [6.07, 6.45) is 5.26. The molecule has 9 heteroatoms. The van der Waals surface area contributed by atoms with Crippen LogP contribution in [0.4, 0.5) is 5.69 Å². The molecule has 0 saturated carbocycles. The summed E-state index contributed by atoms with van der Waals surface area (Å²) in [7, 11) is 0. The number of anilines is 1. The second-order valence-corrected chi connectivity index (χ2v) is 5.85. The minimum atomic E-state index is -0.419. The molecule has 136 valence electrons. The van der Waals surface area contributed by atoms with E-state index in [1.54, 1.807) is 24.4 Å². The van der Waals surface area contributed by atoms with Gasteiger partial charge in [0.25, 0.3) is 0 Å². The van der Waals surface area contributed by atoms with Crippen LogP contribution in [0.3, 0.4) is 0 Å². The fourth-order valence-corrected chi connectivity index (χ4v) is 2.83. The van der Waals surface area contributed by atoms with E-state index in [1.807, 2.05) is 18.2 Å². The van der Waals surface area contributed by atoms with Gasteiger partial charge < -0.3 is 9.73 Å². The molecule has 0 saturated heterocycles. The van der Waals surface area contributed by atoms with Crippen LogP contribution in [-0.4, -0.2) is 30.2 Å². The second kappa shape index (κ2) is 7.24. The van der Waals surface area contributed by atoms with Crippen molar-refractivity contribution in [1.29, 1.82) is 0 Å². The van der Waals surface area contributed by atoms with Gasteiger partial charge in [0.15, 0.2) is 11.4 Å². The first-order chi connectivity index (χ1) is 13.2. The van der Waals surface area contributed by atoms with Gasteiger partial charge in [-0.05, 0) is 30.7 Å². The van der Waals surface area contributed by atoms with Crippen LogP contribution >= 0.6 is 0 Å². The molecule has 1 amide bonds. The van der Waals surface area contributed by atoms with Gasteiger partial charge in [-0.3, -0.25) is 9.36 Å². The number of carbonyl (C=O) groups excluding carboxylic acids is 1. The lowest BCUT2D eigenvalue weighted by molar-refractivity contribution is -0.116. The van der Waals surface area contributed by atoms with E-state index >= 15 is 0 Å². The third kappa shape index (κ3) is 3.47. The molecule has 3 aromatic heterocycles. The molecule has 0 unspecified atom stereocenters. The summed E-state index contributed by atoms with van der Waals surface area (Å²) in [4.78, 5) is 32.4. The van der Waals surface area contributed by atoms with Crippen molar-refractivity contribution in [2.75, 3.05) is 5.32 Å². The fraction of sp³-hybridized carbons (Fsp3) is 0.167. The monoisotopic (exact) mass is 364 g/mol. The summed E-state index contributed by atoms with van der Waals surface area (Å²) in [5.41, 5.74) is 1.81. The summed E-state index contributed by atoms with van der Waals surface area (Å²) in [6.45, 7) is 0.395. The molecule has 1 aromatic carbocycles. The van der Waals surface area contributed by atoms with E-state index in [-0.39, 0.29) is 12.3 Å². The Labute approximate surface area is 153 Å². The lowest BCUT2D eigenvalue weighted by Gasteiger charge is -2.09. The van der Waals surface area contributed by atoms with Crippen molar-refractivity contribution in [2.24, 2.45) is 0 Å². The summed E-state index contributed by atoms with van der Waals surface area (Å²) >= 11 is 0. The number of pyridine rings is 1. The van der Waals surface area contributed by atoms with E-state index in [9.17, 15) is 9.59 Å². The van der Waals surface area contributed by atoms with Gasteiger partial charge in [-0.25, -0.2) is 19.4 Å². The van der Waals surface area contributed by atoms with Gasteiger partial charge in [0.2, 0.25) is 5.91 Å². The second-order valence-electron chi connectivity index (χ2n) is 5.85. The average Bonchev–Trinajstić information content (AvgIpc) is 3.31. The van der Waals surface area contributed by atoms with Crippen LogP contribution in [0.15, 0.2) is 64.5 Å². The third-order valence-corrected chi connectivity index (χ3v) is 4.06. The number of aryl methyl sites for hydroxylation is 1. The van der Waals surface area contributed by atoms with Crippen molar-refractivity contribution < 1.29 is 9.21 Å². The van der Waals surface area contributed by atoms with E-state index in [0.29, 0.717) is 30.1 Å². The van der Waals surface area contributed by atoms with Gasteiger partial charge in [-0.15, -0.1) is 0 Å². The molecule has 0 aliphatic carbocycles. The number of oxazole rings is 1. The van der Waals surface area contributed by atoms with Crippen LogP contribution in [0.1, 0.15) is 12.8 Å². The van der Waals surface area contributed by atoms with E-state index in [2.05, 4.69) is 20.4 Å². The summed E-state index contributed by atoms with van der Waals surface area (Å²) in [5.74, 6) is -0.108. The van der Waals surface area contributed by atoms with Gasteiger partial charge in [-0.1, -0.05) is 12.1 Å². The topological polar surface area (TPSA) is 108 Å². The molecule has 27 heavy (non-hydrogen) atoms. The molecular weight excluding hydrogens is 348 g/mol. The highest BCUT2D eigenvalue weighted by molar-refractivity contribution is 5.92. The van der Waals surface area contributed by atoms with Gasteiger partial charge in [0.1, 0.15) is 12.7 Å². The Morgan fingerprint density at radius 1 is 1.19 bits per heavy atom. The fourth-order valence-electron chi connectivity index (χ4n) is 2.83. The normalized spacial score (nSPS) is 11.0. The minimum absolute atomic E-state index is 0.176. The lowest BCUT2D eigenvalue weighted by atomic mass is 10.2. The molecule has 0 bridgehead atoms. The average molecular weight is 364 g/mol. The third-order valence-electron chi connectivity index (χ3n) is 4.06. The highest BCUT2D eigenvalue weighted by Crippen LogP contribution is 2.17. The number of hydrogen-bond donors (Lipinski definition) is 1. The largest absolute Gasteiger partial charge is 0.419 e. The van der Waals surface area contributed by atoms with Crippen LogP contribution in [0, 0.1) is 0 Å². The number of para-hydroxylation sites is 2. The molecule has 0 aliphatic heterocycles. The Kier molecular flexibility index (Phi) is 4.48. The molecule has 0 spiro atoms. The number of carbonyl (C=O) groups is 1. The molecule has 0 atom stereocenters. The van der Waals surface area contributed by atoms with Crippen LogP contribution < -0.4 is 11.1 Å². The first-order valence-electron chi connectivity index (χ1n) is 8.40. The zero-order valence-corrected chi connectivity index (χ0v) is 14.3. The minimum Gasteiger partial charge on any atom is -0.408 e. The first kappa shape index (κ1) is 16.7. The zero-order chi connectivity index (χ0) is 18.6. The molecule has 9 nitrogen and oxygen atoms in total. The zero-order valence-electron chi connectivity index (χ0n) is 14.3. The van der Waals surface area contributed by atoms with Gasteiger partial charge in [-0.2, -0.15) is 5.10 Å². The van der Waals surface area contributed by atoms with Crippen molar-refractivity contribution in [2.45, 2.75) is 19.4 Å². The molecule has 0 fully saturated rings. The molecule has 0 radical (unpaired) electrons. The maximum Gasteiger partial charge on any atom is 0.419 e. The van der Waals surface area contributed by atoms with Crippen LogP contribution in [0.2, 0.25) is 0 Å². The highest BCUT2D eigenvalue weighted by atomic mass is 16.4. The van der Waals surface area contributed by atoms with Crippen molar-refractivity contribution in [3.05, 3.63) is 65.8 Å². The molecular formula is C18H16N6O3. The van der Waals surface area contributed by atoms with Crippen LogP contribution in [0.5, 0.6) is 0 Å². The van der Waals surface area contributed by atoms with E-state index in [0.717, 1.165) is 5.52 Å². The first-order valence-corrected chi connectivity index (χ1v) is 8.40. The van der Waals surface area contributed by atoms with Crippen molar-refractivity contribution in [3.8, 4) is 5.82 Å². The van der Waals surface area contributed by atoms with Crippen molar-refractivity contribution in [1.82, 2.24) is 24.3 Å². The Morgan fingerprint density at radius 3 is 2.93 bits per heavy atom. The van der Waals surface area contributed by atoms with Gasteiger partial charge >= 0.3 is 5.76 Å². The predicted octanol–water partition coefficient (Wildman–Crippen LogP) is 1.99. The van der Waals surface area contributed by atoms with Crippen LogP contribution in [0.25, 0.3) is 16.9 Å².